The highest BCUT2D eigenvalue weighted by molar-refractivity contribution is 5.80. The Bertz CT molecular complexity index is 901. The van der Waals surface area contributed by atoms with Gasteiger partial charge in [-0.25, -0.2) is 9.50 Å². The van der Waals surface area contributed by atoms with E-state index in [0.29, 0.717) is 24.2 Å². The highest BCUT2D eigenvalue weighted by atomic mass is 16.2. The molecule has 2 heterocycles. The fourth-order valence-corrected chi connectivity index (χ4v) is 4.74. The molecule has 0 aromatic carbocycles. The van der Waals surface area contributed by atoms with Gasteiger partial charge in [0, 0.05) is 35.1 Å². The third kappa shape index (κ3) is 3.54. The number of rotatable bonds is 5. The van der Waals surface area contributed by atoms with E-state index in [1.165, 1.54) is 25.3 Å². The van der Waals surface area contributed by atoms with Crippen molar-refractivity contribution in [2.24, 2.45) is 5.92 Å². The lowest BCUT2D eigenvalue weighted by Gasteiger charge is -2.37. The normalized spacial score (nSPS) is 22.9. The number of carbonyl (C=O) groups is 1. The van der Waals surface area contributed by atoms with Crippen molar-refractivity contribution in [1.82, 2.24) is 19.5 Å². The first-order valence-corrected chi connectivity index (χ1v) is 10.4. The predicted octanol–water partition coefficient (Wildman–Crippen LogP) is 3.14. The van der Waals surface area contributed by atoms with Gasteiger partial charge >= 0.3 is 0 Å². The molecule has 1 amide bonds. The topological polar surface area (TPSA) is 70.5 Å². The Morgan fingerprint density at radius 3 is 2.41 bits per heavy atom. The summed E-state index contributed by atoms with van der Waals surface area (Å²) in [5.41, 5.74) is 3.12. The Morgan fingerprint density at radius 2 is 1.81 bits per heavy atom. The number of fused-ring (bicyclic) bond motifs is 1. The van der Waals surface area contributed by atoms with E-state index in [1.807, 2.05) is 13.8 Å². The van der Waals surface area contributed by atoms with E-state index in [2.05, 4.69) is 21.9 Å². The van der Waals surface area contributed by atoms with Gasteiger partial charge in [0.05, 0.1) is 6.42 Å². The number of aromatic amines is 1. The maximum Gasteiger partial charge on any atom is 0.266 e. The Hall–Kier alpha value is -2.11. The second kappa shape index (κ2) is 7.13. The molecule has 0 aliphatic heterocycles. The summed E-state index contributed by atoms with van der Waals surface area (Å²) in [7, 11) is 0. The first-order chi connectivity index (χ1) is 13.0. The third-order valence-electron chi connectivity index (χ3n) is 6.55. The van der Waals surface area contributed by atoms with E-state index < -0.39 is 0 Å². The van der Waals surface area contributed by atoms with Crippen LogP contribution in [0.2, 0.25) is 0 Å². The van der Waals surface area contributed by atoms with Crippen LogP contribution in [0.25, 0.3) is 5.65 Å². The number of carbonyl (C=O) groups excluding carboxylic acids is 1. The van der Waals surface area contributed by atoms with E-state index in [4.69, 9.17) is 0 Å². The summed E-state index contributed by atoms with van der Waals surface area (Å²) >= 11 is 0. The predicted molar refractivity (Wildman–Crippen MR) is 105 cm³/mol. The molecule has 6 nitrogen and oxygen atoms in total. The van der Waals surface area contributed by atoms with E-state index in [1.54, 1.807) is 4.52 Å². The fourth-order valence-electron chi connectivity index (χ4n) is 4.74. The van der Waals surface area contributed by atoms with Crippen molar-refractivity contribution in [3.05, 3.63) is 33.4 Å². The van der Waals surface area contributed by atoms with Gasteiger partial charge in [-0.15, -0.1) is 0 Å². The number of aromatic nitrogens is 3. The first-order valence-electron chi connectivity index (χ1n) is 10.4. The van der Waals surface area contributed by atoms with Crippen LogP contribution in [-0.4, -0.2) is 37.5 Å². The highest BCUT2D eigenvalue weighted by Gasteiger charge is 2.38. The molecule has 0 unspecified atom stereocenters. The molecule has 2 saturated carbocycles. The van der Waals surface area contributed by atoms with E-state index in [9.17, 15) is 9.59 Å². The lowest BCUT2D eigenvalue weighted by molar-refractivity contribution is -0.134. The van der Waals surface area contributed by atoms with Crippen molar-refractivity contribution in [3.63, 3.8) is 0 Å². The van der Waals surface area contributed by atoms with Crippen molar-refractivity contribution in [1.29, 1.82) is 0 Å². The van der Waals surface area contributed by atoms with Gasteiger partial charge in [0.25, 0.3) is 5.56 Å². The summed E-state index contributed by atoms with van der Waals surface area (Å²) in [6.45, 7) is 6.16. The summed E-state index contributed by atoms with van der Waals surface area (Å²) in [5, 5.41) is 2.78. The van der Waals surface area contributed by atoms with Gasteiger partial charge < -0.3 is 4.90 Å². The van der Waals surface area contributed by atoms with Crippen LogP contribution in [0, 0.1) is 19.8 Å². The average molecular weight is 370 g/mol. The standard InChI is InChI=1S/C21H30N4O2/c1-4-15-5-7-16(8-6-15)24(17-9-10-17)21(27)11-18-13(2)22-19-12-20(26)23-25(19)14(18)3/h12,15-17H,4-11H2,1-3H3,(H,23,26). The van der Waals surface area contributed by atoms with Gasteiger partial charge in [-0.3, -0.25) is 14.7 Å². The van der Waals surface area contributed by atoms with Gasteiger partial charge in [0.15, 0.2) is 5.65 Å². The number of aryl methyl sites for hydroxylation is 2. The number of hydrogen-bond acceptors (Lipinski definition) is 3. The minimum atomic E-state index is -0.166. The van der Waals surface area contributed by atoms with Crippen molar-refractivity contribution < 1.29 is 4.79 Å². The van der Waals surface area contributed by atoms with Crippen molar-refractivity contribution in [3.8, 4) is 0 Å². The second-order valence-electron chi connectivity index (χ2n) is 8.37. The van der Waals surface area contributed by atoms with E-state index in [0.717, 1.165) is 48.6 Å². The number of H-pyrrole nitrogens is 1. The molecule has 146 valence electrons. The molecule has 2 aliphatic carbocycles. The van der Waals surface area contributed by atoms with Crippen LogP contribution in [0.15, 0.2) is 10.9 Å². The SMILES string of the molecule is CCC1CCC(N(C(=O)Cc2c(C)nc3cc(=O)[nH]n3c2C)C2CC2)CC1. The average Bonchev–Trinajstić information content (AvgIpc) is 3.41. The molecule has 0 saturated heterocycles. The monoisotopic (exact) mass is 370 g/mol. The Morgan fingerprint density at radius 1 is 1.19 bits per heavy atom. The summed E-state index contributed by atoms with van der Waals surface area (Å²) < 4.78 is 1.70. The molecule has 2 aliphatic rings. The maximum atomic E-state index is 13.3. The largest absolute Gasteiger partial charge is 0.336 e. The number of hydrogen-bond donors (Lipinski definition) is 1. The second-order valence-corrected chi connectivity index (χ2v) is 8.37. The molecule has 0 radical (unpaired) electrons. The lowest BCUT2D eigenvalue weighted by atomic mass is 9.83. The Labute approximate surface area is 160 Å². The van der Waals surface area contributed by atoms with Gasteiger partial charge in [-0.05, 0) is 58.3 Å². The van der Waals surface area contributed by atoms with Crippen molar-refractivity contribution in [2.75, 3.05) is 0 Å². The molecular weight excluding hydrogens is 340 g/mol. The molecule has 0 bridgehead atoms. The first kappa shape index (κ1) is 18.3. The highest BCUT2D eigenvalue weighted by Crippen LogP contribution is 2.36. The van der Waals surface area contributed by atoms with E-state index >= 15 is 0 Å². The zero-order valence-electron chi connectivity index (χ0n) is 16.6. The zero-order chi connectivity index (χ0) is 19.1. The smallest absolute Gasteiger partial charge is 0.266 e. The van der Waals surface area contributed by atoms with Gasteiger partial charge in [-0.1, -0.05) is 13.3 Å². The number of nitrogens with zero attached hydrogens (tertiary/aromatic N) is 3. The molecule has 27 heavy (non-hydrogen) atoms. The number of nitrogens with one attached hydrogen (secondary N) is 1. The molecule has 0 atom stereocenters. The maximum absolute atomic E-state index is 13.3. The molecule has 2 fully saturated rings. The van der Waals surface area contributed by atoms with Crippen LogP contribution in [0.5, 0.6) is 0 Å². The molecular formula is C21H30N4O2. The van der Waals surface area contributed by atoms with Crippen LogP contribution in [0.1, 0.15) is 68.8 Å². The Balaban J connectivity index is 1.57. The van der Waals surface area contributed by atoms with Crippen LogP contribution < -0.4 is 5.56 Å². The lowest BCUT2D eigenvalue weighted by Crippen LogP contribution is -2.44. The van der Waals surface area contributed by atoms with Gasteiger partial charge in [0.2, 0.25) is 5.91 Å². The van der Waals surface area contributed by atoms with Crippen LogP contribution in [-0.2, 0) is 11.2 Å². The quantitative estimate of drug-likeness (QED) is 0.879. The third-order valence-corrected chi connectivity index (χ3v) is 6.55. The van der Waals surface area contributed by atoms with E-state index in [-0.39, 0.29) is 11.5 Å². The molecule has 4 rings (SSSR count). The minimum Gasteiger partial charge on any atom is -0.336 e. The summed E-state index contributed by atoms with van der Waals surface area (Å²) in [6.07, 6.45) is 8.66. The molecule has 2 aromatic heterocycles. The zero-order valence-corrected chi connectivity index (χ0v) is 16.6. The van der Waals surface area contributed by atoms with Crippen LogP contribution >= 0.6 is 0 Å². The Kier molecular flexibility index (Phi) is 4.82. The summed E-state index contributed by atoms with van der Waals surface area (Å²) in [4.78, 5) is 31.7. The van der Waals surface area contributed by atoms with Crippen molar-refractivity contribution >= 4 is 11.6 Å². The molecule has 0 spiro atoms. The van der Waals surface area contributed by atoms with Gasteiger partial charge in [0.1, 0.15) is 0 Å². The summed E-state index contributed by atoms with van der Waals surface area (Å²) in [5.74, 6) is 1.05. The molecule has 6 heteroatoms. The van der Waals surface area contributed by atoms with Crippen molar-refractivity contribution in [2.45, 2.75) is 84.2 Å². The fraction of sp³-hybridized carbons (Fsp3) is 0.667. The van der Waals surface area contributed by atoms with Crippen LogP contribution in [0.3, 0.4) is 0 Å². The number of amides is 1. The molecule has 1 N–H and O–H groups in total. The summed E-state index contributed by atoms with van der Waals surface area (Å²) in [6, 6.07) is 2.33. The minimum absolute atomic E-state index is 0.166. The van der Waals surface area contributed by atoms with Gasteiger partial charge in [-0.2, -0.15) is 0 Å². The molecule has 2 aromatic rings. The van der Waals surface area contributed by atoms with Crippen LogP contribution in [0.4, 0.5) is 0 Å².